The Kier molecular flexibility index (Phi) is 6.19. The molecule has 0 aromatic heterocycles. The number of hydrogen-bond acceptors (Lipinski definition) is 4. The highest BCUT2D eigenvalue weighted by atomic mass is 32.2. The third-order valence-corrected chi connectivity index (χ3v) is 5.27. The van der Waals surface area contributed by atoms with Gasteiger partial charge in [0.1, 0.15) is 0 Å². The summed E-state index contributed by atoms with van der Waals surface area (Å²) < 4.78 is 33.2. The number of hydrogen-bond donors (Lipinski definition) is 2. The van der Waals surface area contributed by atoms with E-state index in [-0.39, 0.29) is 12.0 Å². The fraction of sp³-hybridized carbons (Fsp3) is 0.600. The van der Waals surface area contributed by atoms with Gasteiger partial charge >= 0.3 is 0 Å². The van der Waals surface area contributed by atoms with Crippen LogP contribution in [0.15, 0.2) is 17.0 Å². The van der Waals surface area contributed by atoms with Crippen molar-refractivity contribution in [1.82, 2.24) is 4.72 Å². The lowest BCUT2D eigenvalue weighted by atomic mass is 10.1. The molecule has 0 aliphatic heterocycles. The lowest BCUT2D eigenvalue weighted by Gasteiger charge is -2.23. The largest absolute Gasteiger partial charge is 0.388 e. The number of ether oxygens (including phenoxy) is 1. The van der Waals surface area contributed by atoms with Crippen molar-refractivity contribution in [3.8, 4) is 0 Å². The van der Waals surface area contributed by atoms with E-state index in [4.69, 9.17) is 4.74 Å². The van der Waals surface area contributed by atoms with Gasteiger partial charge in [0.15, 0.2) is 0 Å². The third-order valence-electron chi connectivity index (χ3n) is 3.48. The average molecular weight is 314 g/mol. The van der Waals surface area contributed by atoms with E-state index < -0.39 is 10.0 Å². The first-order chi connectivity index (χ1) is 9.72. The summed E-state index contributed by atoms with van der Waals surface area (Å²) in [7, 11) is -0.186. The van der Waals surface area contributed by atoms with Crippen molar-refractivity contribution in [3.63, 3.8) is 0 Å². The van der Waals surface area contributed by atoms with Gasteiger partial charge in [-0.15, -0.1) is 0 Å². The van der Waals surface area contributed by atoms with E-state index in [1.54, 1.807) is 7.11 Å². The number of methoxy groups -OCH3 is 1. The second kappa shape index (κ2) is 7.24. The highest BCUT2D eigenvalue weighted by Crippen LogP contribution is 2.24. The van der Waals surface area contributed by atoms with Gasteiger partial charge in [-0.1, -0.05) is 13.8 Å². The predicted molar refractivity (Wildman–Crippen MR) is 86.3 cm³/mol. The SMILES string of the molecule is CNc1cc(C)c(S(=O)(=O)NC(COC)C(C)C)c(C)c1. The van der Waals surface area contributed by atoms with Crippen LogP contribution in [0.2, 0.25) is 0 Å². The molecule has 1 unspecified atom stereocenters. The summed E-state index contributed by atoms with van der Waals surface area (Å²) >= 11 is 0. The Morgan fingerprint density at radius 2 is 1.71 bits per heavy atom. The van der Waals surface area contributed by atoms with Crippen molar-refractivity contribution in [2.45, 2.75) is 38.6 Å². The molecule has 0 fully saturated rings. The minimum atomic E-state index is -3.57. The molecule has 6 heteroatoms. The van der Waals surface area contributed by atoms with Gasteiger partial charge in [0.05, 0.1) is 11.5 Å². The van der Waals surface area contributed by atoms with E-state index in [1.165, 1.54) is 0 Å². The molecule has 0 spiro atoms. The number of rotatable bonds is 7. The summed E-state index contributed by atoms with van der Waals surface area (Å²) in [6.45, 7) is 7.90. The van der Waals surface area contributed by atoms with Crippen LogP contribution in [0.25, 0.3) is 0 Å². The number of anilines is 1. The summed E-state index contributed by atoms with van der Waals surface area (Å²) in [5.74, 6) is 0.150. The smallest absolute Gasteiger partial charge is 0.241 e. The molecule has 120 valence electrons. The van der Waals surface area contributed by atoms with Crippen LogP contribution < -0.4 is 10.0 Å². The molecule has 2 N–H and O–H groups in total. The number of sulfonamides is 1. The van der Waals surface area contributed by atoms with Crippen LogP contribution in [0.4, 0.5) is 5.69 Å². The maximum atomic E-state index is 12.7. The summed E-state index contributed by atoms with van der Waals surface area (Å²) in [6.07, 6.45) is 0. The first kappa shape index (κ1) is 17.9. The van der Waals surface area contributed by atoms with Crippen LogP contribution in [0.1, 0.15) is 25.0 Å². The van der Waals surface area contributed by atoms with Crippen LogP contribution >= 0.6 is 0 Å². The van der Waals surface area contributed by atoms with Crippen molar-refractivity contribution in [1.29, 1.82) is 0 Å². The molecule has 0 heterocycles. The van der Waals surface area contributed by atoms with Crippen LogP contribution in [0.5, 0.6) is 0 Å². The van der Waals surface area contributed by atoms with Gasteiger partial charge in [-0.3, -0.25) is 0 Å². The monoisotopic (exact) mass is 314 g/mol. The molecule has 1 rings (SSSR count). The predicted octanol–water partition coefficient (Wildman–Crippen LogP) is 2.29. The standard InChI is InChI=1S/C15H26N2O3S/c1-10(2)14(9-20-6)17-21(18,19)15-11(3)7-13(16-5)8-12(15)4/h7-8,10,14,16-17H,9H2,1-6H3. The van der Waals surface area contributed by atoms with E-state index in [1.807, 2.05) is 46.9 Å². The molecule has 5 nitrogen and oxygen atoms in total. The lowest BCUT2D eigenvalue weighted by Crippen LogP contribution is -2.42. The highest BCUT2D eigenvalue weighted by Gasteiger charge is 2.25. The number of benzene rings is 1. The molecule has 0 aliphatic rings. The van der Waals surface area contributed by atoms with Gasteiger partial charge in [-0.05, 0) is 43.0 Å². The normalized spacial score (nSPS) is 13.5. The Bertz CT molecular complexity index is 560. The van der Waals surface area contributed by atoms with E-state index in [0.29, 0.717) is 11.5 Å². The Hall–Kier alpha value is -1.11. The quantitative estimate of drug-likeness (QED) is 0.810. The second-order valence-electron chi connectivity index (χ2n) is 5.62. The van der Waals surface area contributed by atoms with Crippen LogP contribution in [0.3, 0.4) is 0 Å². The Morgan fingerprint density at radius 3 is 2.10 bits per heavy atom. The van der Waals surface area contributed by atoms with Gasteiger partial charge in [0, 0.05) is 25.9 Å². The number of nitrogens with one attached hydrogen (secondary N) is 2. The summed E-state index contributed by atoms with van der Waals surface area (Å²) in [6, 6.07) is 3.42. The Labute approximate surface area is 128 Å². The van der Waals surface area contributed by atoms with Gasteiger partial charge in [-0.25, -0.2) is 13.1 Å². The minimum Gasteiger partial charge on any atom is -0.388 e. The molecule has 21 heavy (non-hydrogen) atoms. The number of aryl methyl sites for hydroxylation is 2. The lowest BCUT2D eigenvalue weighted by molar-refractivity contribution is 0.157. The van der Waals surface area contributed by atoms with E-state index >= 15 is 0 Å². The Morgan fingerprint density at radius 1 is 1.19 bits per heavy atom. The van der Waals surface area contributed by atoms with Crippen molar-refractivity contribution >= 4 is 15.7 Å². The fourth-order valence-corrected chi connectivity index (χ4v) is 4.14. The second-order valence-corrected chi connectivity index (χ2v) is 7.27. The van der Waals surface area contributed by atoms with Crippen LogP contribution in [-0.2, 0) is 14.8 Å². The zero-order chi connectivity index (χ0) is 16.2. The van der Waals surface area contributed by atoms with Gasteiger partial charge < -0.3 is 10.1 Å². The molecule has 0 bridgehead atoms. The van der Waals surface area contributed by atoms with E-state index in [9.17, 15) is 8.42 Å². The average Bonchev–Trinajstić information content (AvgIpc) is 2.36. The summed E-state index contributed by atoms with van der Waals surface area (Å²) in [4.78, 5) is 0.350. The van der Waals surface area contributed by atoms with Crippen molar-refractivity contribution in [3.05, 3.63) is 23.3 Å². The summed E-state index contributed by atoms with van der Waals surface area (Å²) in [5, 5.41) is 3.03. The Balaban J connectivity index is 3.19. The van der Waals surface area contributed by atoms with Crippen molar-refractivity contribution < 1.29 is 13.2 Å². The van der Waals surface area contributed by atoms with E-state index in [2.05, 4.69) is 10.0 Å². The maximum Gasteiger partial charge on any atom is 0.241 e. The van der Waals surface area contributed by atoms with Gasteiger partial charge in [0.2, 0.25) is 10.0 Å². The molecule has 1 atom stereocenters. The molecule has 0 aliphatic carbocycles. The fourth-order valence-electron chi connectivity index (χ4n) is 2.32. The third kappa shape index (κ3) is 4.43. The van der Waals surface area contributed by atoms with E-state index in [0.717, 1.165) is 16.8 Å². The molecule has 0 radical (unpaired) electrons. The topological polar surface area (TPSA) is 67.4 Å². The molecule has 0 amide bonds. The minimum absolute atomic E-state index is 0.150. The first-order valence-electron chi connectivity index (χ1n) is 7.03. The molecule has 1 aromatic carbocycles. The molecule has 0 saturated heterocycles. The first-order valence-corrected chi connectivity index (χ1v) is 8.51. The molecule has 1 aromatic rings. The van der Waals surface area contributed by atoms with Crippen molar-refractivity contribution in [2.75, 3.05) is 26.1 Å². The summed E-state index contributed by atoms with van der Waals surface area (Å²) in [5.41, 5.74) is 2.36. The molecule has 0 saturated carbocycles. The van der Waals surface area contributed by atoms with Crippen molar-refractivity contribution in [2.24, 2.45) is 5.92 Å². The highest BCUT2D eigenvalue weighted by molar-refractivity contribution is 7.89. The van der Waals surface area contributed by atoms with Gasteiger partial charge in [-0.2, -0.15) is 0 Å². The zero-order valence-electron chi connectivity index (χ0n) is 13.6. The maximum absolute atomic E-state index is 12.7. The molecular formula is C15H26N2O3S. The zero-order valence-corrected chi connectivity index (χ0v) is 14.5. The molecular weight excluding hydrogens is 288 g/mol. The van der Waals surface area contributed by atoms with Crippen LogP contribution in [-0.4, -0.2) is 35.2 Å². The van der Waals surface area contributed by atoms with Gasteiger partial charge in [0.25, 0.3) is 0 Å². The van der Waals surface area contributed by atoms with Crippen LogP contribution in [0, 0.1) is 19.8 Å².